The summed E-state index contributed by atoms with van der Waals surface area (Å²) < 4.78 is 27.2. The lowest BCUT2D eigenvalue weighted by Gasteiger charge is -2.23. The molecule has 2 bridgehead atoms. The molecular weight excluding hydrogens is 280 g/mol. The van der Waals surface area contributed by atoms with Gasteiger partial charge in [0, 0.05) is 34.9 Å². The second-order valence-electron chi connectivity index (χ2n) is 5.57. The molecule has 0 aliphatic carbocycles. The minimum Gasteiger partial charge on any atom is -0.310 e. The quantitative estimate of drug-likeness (QED) is 0.907. The van der Waals surface area contributed by atoms with Crippen LogP contribution < -0.4 is 5.32 Å². The Balaban J connectivity index is 1.90. The monoisotopic (exact) mass is 300 g/mol. The number of hydrogen-bond acceptors (Lipinski definition) is 4. The van der Waals surface area contributed by atoms with Crippen LogP contribution in [-0.2, 0) is 10.0 Å². The van der Waals surface area contributed by atoms with Crippen molar-refractivity contribution in [2.75, 3.05) is 13.1 Å². The maximum Gasteiger partial charge on any atom is 0.244 e. The molecule has 0 amide bonds. The van der Waals surface area contributed by atoms with E-state index in [-0.39, 0.29) is 0 Å². The smallest absolute Gasteiger partial charge is 0.244 e. The number of nitrogens with zero attached hydrogens (tertiary/aromatic N) is 1. The molecule has 1 aromatic rings. The van der Waals surface area contributed by atoms with Crippen LogP contribution >= 0.6 is 11.3 Å². The van der Waals surface area contributed by atoms with Gasteiger partial charge in [0.1, 0.15) is 0 Å². The second-order valence-corrected chi connectivity index (χ2v) is 8.93. The van der Waals surface area contributed by atoms with E-state index in [0.29, 0.717) is 30.1 Å². The van der Waals surface area contributed by atoms with Crippen LogP contribution in [0, 0.1) is 13.8 Å². The van der Waals surface area contributed by atoms with E-state index < -0.39 is 10.0 Å². The van der Waals surface area contributed by atoms with Gasteiger partial charge in [-0.3, -0.25) is 0 Å². The molecule has 106 valence electrons. The predicted octanol–water partition coefficient (Wildman–Crippen LogP) is 1.88. The van der Waals surface area contributed by atoms with Gasteiger partial charge in [-0.1, -0.05) is 0 Å². The minimum absolute atomic E-state index is 0.335. The first-order valence-electron chi connectivity index (χ1n) is 6.80. The van der Waals surface area contributed by atoms with Crippen LogP contribution in [0.4, 0.5) is 0 Å². The third kappa shape index (κ3) is 2.46. The zero-order chi connectivity index (χ0) is 13.6. The van der Waals surface area contributed by atoms with Crippen molar-refractivity contribution in [3.8, 4) is 0 Å². The molecular formula is C13H20N2O2S2. The van der Waals surface area contributed by atoms with Gasteiger partial charge in [-0.25, -0.2) is 8.42 Å². The highest BCUT2D eigenvalue weighted by Gasteiger charge is 2.35. The van der Waals surface area contributed by atoms with Crippen LogP contribution in [-0.4, -0.2) is 37.9 Å². The summed E-state index contributed by atoms with van der Waals surface area (Å²) in [5.41, 5.74) is 0. The first-order valence-corrected chi connectivity index (χ1v) is 9.05. The zero-order valence-electron chi connectivity index (χ0n) is 11.3. The number of rotatable bonds is 2. The molecule has 3 rings (SSSR count). The van der Waals surface area contributed by atoms with E-state index >= 15 is 0 Å². The van der Waals surface area contributed by atoms with Gasteiger partial charge in [-0.2, -0.15) is 4.31 Å². The molecule has 1 N–H and O–H groups in total. The first kappa shape index (κ1) is 13.5. The summed E-state index contributed by atoms with van der Waals surface area (Å²) in [6, 6.07) is 2.66. The summed E-state index contributed by atoms with van der Waals surface area (Å²) in [5.74, 6) is 0. The Kier molecular flexibility index (Phi) is 3.45. The molecule has 2 fully saturated rings. The number of hydrogen-bond donors (Lipinski definition) is 1. The molecule has 3 heterocycles. The summed E-state index contributed by atoms with van der Waals surface area (Å²) in [6.45, 7) is 5.12. The molecule has 19 heavy (non-hydrogen) atoms. The van der Waals surface area contributed by atoms with Crippen molar-refractivity contribution >= 4 is 21.4 Å². The third-order valence-corrected chi connectivity index (χ3v) is 7.19. The Morgan fingerprint density at radius 1 is 1.26 bits per heavy atom. The topological polar surface area (TPSA) is 49.4 Å². The molecule has 2 atom stereocenters. The van der Waals surface area contributed by atoms with Gasteiger partial charge in [0.25, 0.3) is 0 Å². The molecule has 0 aromatic carbocycles. The Bertz CT molecular complexity index is 579. The fraction of sp³-hybridized carbons (Fsp3) is 0.692. The van der Waals surface area contributed by atoms with Crippen LogP contribution in [0.2, 0.25) is 0 Å². The average molecular weight is 300 g/mol. The summed E-state index contributed by atoms with van der Waals surface area (Å²) in [4.78, 5) is 2.47. The largest absolute Gasteiger partial charge is 0.310 e. The van der Waals surface area contributed by atoms with Crippen molar-refractivity contribution in [3.05, 3.63) is 15.8 Å². The van der Waals surface area contributed by atoms with E-state index in [0.717, 1.165) is 22.6 Å². The number of thiophene rings is 1. The minimum atomic E-state index is -3.31. The van der Waals surface area contributed by atoms with Crippen molar-refractivity contribution in [1.82, 2.24) is 9.62 Å². The highest BCUT2D eigenvalue weighted by Crippen LogP contribution is 2.30. The molecule has 0 radical (unpaired) electrons. The molecule has 2 aliphatic rings. The summed E-state index contributed by atoms with van der Waals surface area (Å²) in [5, 5.41) is 3.52. The number of sulfonamides is 1. The summed E-state index contributed by atoms with van der Waals surface area (Å²) in [6.07, 6.45) is 3.21. The van der Waals surface area contributed by atoms with Crippen LogP contribution in [0.1, 0.15) is 29.0 Å². The Morgan fingerprint density at radius 3 is 2.68 bits per heavy atom. The summed E-state index contributed by atoms with van der Waals surface area (Å²) in [7, 11) is -3.31. The molecule has 4 nitrogen and oxygen atoms in total. The average Bonchev–Trinajstić information content (AvgIpc) is 2.81. The maximum atomic E-state index is 12.8. The lowest BCUT2D eigenvalue weighted by molar-refractivity contribution is 0.383. The van der Waals surface area contributed by atoms with E-state index in [4.69, 9.17) is 0 Å². The van der Waals surface area contributed by atoms with Gasteiger partial charge in [0.05, 0.1) is 4.90 Å². The summed E-state index contributed by atoms with van der Waals surface area (Å²) >= 11 is 1.56. The zero-order valence-corrected chi connectivity index (χ0v) is 13.0. The normalized spacial score (nSPS) is 28.5. The van der Waals surface area contributed by atoms with E-state index in [1.54, 1.807) is 15.6 Å². The SMILES string of the molecule is Cc1cc(S(=O)(=O)N2CCC3CCC(C2)N3)c(C)s1. The molecule has 2 aliphatic heterocycles. The Labute approximate surface area is 118 Å². The van der Waals surface area contributed by atoms with E-state index in [9.17, 15) is 8.42 Å². The van der Waals surface area contributed by atoms with Gasteiger partial charge in [0.15, 0.2) is 0 Å². The van der Waals surface area contributed by atoms with Gasteiger partial charge in [0.2, 0.25) is 10.0 Å². The van der Waals surface area contributed by atoms with Crippen LogP contribution in [0.15, 0.2) is 11.0 Å². The molecule has 0 spiro atoms. The van der Waals surface area contributed by atoms with Gasteiger partial charge in [-0.05, 0) is 39.2 Å². The molecule has 2 saturated heterocycles. The Hall–Kier alpha value is -0.430. The van der Waals surface area contributed by atoms with Crippen molar-refractivity contribution in [2.24, 2.45) is 0 Å². The predicted molar refractivity (Wildman–Crippen MR) is 77.1 cm³/mol. The van der Waals surface area contributed by atoms with Gasteiger partial charge >= 0.3 is 0 Å². The number of aryl methyl sites for hydroxylation is 2. The third-order valence-electron chi connectivity index (χ3n) is 4.10. The van der Waals surface area contributed by atoms with Crippen LogP contribution in [0.3, 0.4) is 0 Å². The van der Waals surface area contributed by atoms with Crippen molar-refractivity contribution in [2.45, 2.75) is 50.1 Å². The van der Waals surface area contributed by atoms with E-state index in [1.165, 1.54) is 6.42 Å². The Morgan fingerprint density at radius 2 is 2.00 bits per heavy atom. The van der Waals surface area contributed by atoms with Gasteiger partial charge < -0.3 is 5.32 Å². The van der Waals surface area contributed by atoms with Crippen LogP contribution in [0.25, 0.3) is 0 Å². The lowest BCUT2D eigenvalue weighted by Crippen LogP contribution is -2.39. The second kappa shape index (κ2) is 4.84. The molecule has 1 aromatic heterocycles. The lowest BCUT2D eigenvalue weighted by atomic mass is 10.1. The van der Waals surface area contributed by atoms with E-state index in [2.05, 4.69) is 5.32 Å². The fourth-order valence-corrected chi connectivity index (χ4v) is 6.16. The van der Waals surface area contributed by atoms with Crippen molar-refractivity contribution in [1.29, 1.82) is 0 Å². The number of nitrogens with one attached hydrogen (secondary N) is 1. The fourth-order valence-electron chi connectivity index (χ4n) is 3.13. The molecule has 2 unspecified atom stereocenters. The standard InChI is InChI=1S/C13H20N2O2S2/c1-9-7-13(10(2)18-9)19(16,17)15-6-5-11-3-4-12(8-15)14-11/h7,11-12,14H,3-6,8H2,1-2H3. The van der Waals surface area contributed by atoms with E-state index in [1.807, 2.05) is 19.9 Å². The maximum absolute atomic E-state index is 12.8. The molecule has 6 heteroatoms. The van der Waals surface area contributed by atoms with Crippen molar-refractivity contribution in [3.63, 3.8) is 0 Å². The van der Waals surface area contributed by atoms with Crippen molar-refractivity contribution < 1.29 is 8.42 Å². The first-order chi connectivity index (χ1) is 8.96. The highest BCUT2D eigenvalue weighted by atomic mass is 32.2. The van der Waals surface area contributed by atoms with Crippen LogP contribution in [0.5, 0.6) is 0 Å². The highest BCUT2D eigenvalue weighted by molar-refractivity contribution is 7.89. The number of fused-ring (bicyclic) bond motifs is 2. The molecule has 0 saturated carbocycles. The van der Waals surface area contributed by atoms with Gasteiger partial charge in [-0.15, -0.1) is 11.3 Å².